The van der Waals surface area contributed by atoms with E-state index in [4.69, 9.17) is 102 Å². The van der Waals surface area contributed by atoms with E-state index in [0.717, 1.165) is 105 Å². The van der Waals surface area contributed by atoms with Gasteiger partial charge in [0.1, 0.15) is 87.4 Å². The van der Waals surface area contributed by atoms with Crippen LogP contribution >= 0.6 is 36.4 Å². The van der Waals surface area contributed by atoms with Gasteiger partial charge in [0, 0.05) is 156 Å². The Hall–Kier alpha value is -11.6. The first-order valence-corrected chi connectivity index (χ1v) is 54.4. The van der Waals surface area contributed by atoms with Crippen molar-refractivity contribution in [3.8, 4) is 110 Å². The Morgan fingerprint density at radius 3 is 1.15 bits per heavy atom. The third kappa shape index (κ3) is 26.9. The van der Waals surface area contributed by atoms with Crippen LogP contribution in [-0.2, 0) is 44.1 Å². The number of aromatic hydroxyl groups is 1. The Morgan fingerprint density at radius 1 is 0.459 bits per heavy atom. The van der Waals surface area contributed by atoms with Crippen molar-refractivity contribution in [2.24, 2.45) is 0 Å². The number of halogens is 3. The van der Waals surface area contributed by atoms with Gasteiger partial charge in [-0.05, 0) is 164 Å². The van der Waals surface area contributed by atoms with Crippen LogP contribution in [0.4, 0.5) is 0 Å². The van der Waals surface area contributed by atoms with Crippen molar-refractivity contribution < 1.29 is 116 Å². The third-order valence-electron chi connectivity index (χ3n) is 27.1. The SMILES string of the molecule is CN(CCO[Si](C)(C)C(C)(C)C)C(=O)c1cnc(-c2cc3ncc(C4CC4)c(Cl)c3o2)c(O)c1.COc1cc(C(=O)N(C)CCO)cnc1-c1cc2ncc(C3CC3)c(-c3ccc(OC4CCOCC4)c(C#N)n3)c2o1.COc1cc(C(=O)N(C)CCO[Si](C)(C)C(C)(C)C)cnc1-c1cc2ncc(C3CC3)c(-c3ccc(OC4CCOCC4)c(C#N)n3)c2o1.Cl.Cl.N#Cc1nc(B(O)O)ccc1OC1CCOCC1.[Mo]. The number of carbonyl (C=O) groups excluding carboxylic acids is 3. The molecule has 0 spiro atoms. The number of aromatic nitrogens is 9. The number of pyridine rings is 9. The monoisotopic (exact) mass is 2170 g/mol. The van der Waals surface area contributed by atoms with Gasteiger partial charge in [0.15, 0.2) is 85.0 Å². The van der Waals surface area contributed by atoms with E-state index in [-0.39, 0.29) is 139 Å². The number of nitriles is 3. The molecular weight excluding hydrogens is 2050 g/mol. The molecule has 0 bridgehead atoms. The molecular formula is C104H123BCl3MoN15O20Si2. The molecule has 3 aliphatic carbocycles. The van der Waals surface area contributed by atoms with Crippen LogP contribution in [0.3, 0.4) is 0 Å². The number of aliphatic hydroxyl groups excluding tert-OH is 1. The molecule has 0 radical (unpaired) electrons. The quantitative estimate of drug-likeness (QED) is 0.0304. The van der Waals surface area contributed by atoms with Crippen molar-refractivity contribution in [3.63, 3.8) is 0 Å². The molecule has 12 aromatic heterocycles. The van der Waals surface area contributed by atoms with E-state index >= 15 is 0 Å². The van der Waals surface area contributed by atoms with E-state index in [1.165, 1.54) is 42.6 Å². The summed E-state index contributed by atoms with van der Waals surface area (Å²) < 4.78 is 76.6. The summed E-state index contributed by atoms with van der Waals surface area (Å²) in [5.41, 5.74) is 11.9. The first-order valence-electron chi connectivity index (χ1n) is 48.2. The number of amides is 3. The first kappa shape index (κ1) is 113. The summed E-state index contributed by atoms with van der Waals surface area (Å²) >= 11 is 6.54. The standard InChI is InChI=1S/C37H45N5O6Si.C31H31N5O6.C25H32ClN3O4Si.C11H13BN2O4.2ClH.Mo/c1-37(2,3)49(6,7)46-17-14-42(4)36(43)24-18-31(44-5)34(40-21-24)32-19-28-35(48-32)33(26(22-39-28)23-8-9-23)27-10-11-30(29(20-38)41-27)47-25-12-15-45-16-13-25;1-36(9-10-37)31(38)19-13-26(39-2)29(34-16-19)27-14-23-30(42-27)28(21(17-33-23)18-3-4-18)22-5-6-25(24(15-32)35-22)41-20-7-11-40-12-8-20;1-25(2,3)34(5,6)32-10-9-29(4)24(31)16-11-19(30)22(28-13-16)20-12-18-23(33-20)21(26)17(14-27-18)15-7-8-15;13-7-9-10(1-2-11(14-9)12(15)16)18-8-3-5-17-6-4-8;;;/h10-11,18-19,21-23,25H,8-9,12-17H2,1-7H3;5-6,13-14,16-18,20,37H,3-4,7-12H2,1-2H3;11-15,30H,7-10H2,1-6H3;1-2,8,15-16H,3-6H2;2*1H;. The van der Waals surface area contributed by atoms with E-state index in [9.17, 15) is 35.1 Å². The van der Waals surface area contributed by atoms with Gasteiger partial charge in [-0.25, -0.2) is 29.9 Å². The van der Waals surface area contributed by atoms with Crippen molar-refractivity contribution in [1.82, 2.24) is 59.6 Å². The topological polar surface area (TPSA) is 461 Å². The first-order chi connectivity index (χ1) is 68.5. The zero-order valence-corrected chi connectivity index (χ0v) is 90.9. The summed E-state index contributed by atoms with van der Waals surface area (Å²) in [7, 11) is 2.64. The Balaban J connectivity index is 0.000000180. The van der Waals surface area contributed by atoms with Crippen molar-refractivity contribution in [3.05, 3.63) is 165 Å². The second kappa shape index (κ2) is 49.5. The zero-order valence-electron chi connectivity index (χ0n) is 84.5. The van der Waals surface area contributed by atoms with Crippen molar-refractivity contribution in [2.75, 3.05) is 114 Å². The number of rotatable bonds is 30. The summed E-state index contributed by atoms with van der Waals surface area (Å²) in [6.07, 6.45) is 21.0. The van der Waals surface area contributed by atoms with Crippen LogP contribution in [0.5, 0.6) is 34.5 Å². The summed E-state index contributed by atoms with van der Waals surface area (Å²) in [6.45, 7) is 27.7. The maximum Gasteiger partial charge on any atom is 0.508 e. The van der Waals surface area contributed by atoms with Crippen LogP contribution in [0.2, 0.25) is 41.3 Å². The van der Waals surface area contributed by atoms with Crippen molar-refractivity contribution >= 4 is 117 Å². The zero-order chi connectivity index (χ0) is 102. The molecule has 3 aliphatic heterocycles. The minimum absolute atomic E-state index is 0. The summed E-state index contributed by atoms with van der Waals surface area (Å²) in [5, 5.41) is 67.5. The number of hydrogen-bond acceptors (Lipinski definition) is 32. The van der Waals surface area contributed by atoms with Gasteiger partial charge in [-0.2, -0.15) is 15.8 Å². The molecule has 3 saturated heterocycles. The summed E-state index contributed by atoms with van der Waals surface area (Å²) in [6, 6.07) is 26.7. The molecule has 3 amide bonds. The maximum absolute atomic E-state index is 13.4. The van der Waals surface area contributed by atoms with Crippen LogP contribution in [-0.4, -0.2) is 254 Å². The van der Waals surface area contributed by atoms with Crippen LogP contribution in [0.25, 0.3) is 90.2 Å². The summed E-state index contributed by atoms with van der Waals surface area (Å²) in [4.78, 5) is 84.2. The summed E-state index contributed by atoms with van der Waals surface area (Å²) in [5.74, 6) is 3.56. The maximum atomic E-state index is 13.4. The number of ether oxygens (including phenoxy) is 8. The Morgan fingerprint density at radius 2 is 0.795 bits per heavy atom. The molecule has 12 aromatic rings. The number of likely N-dealkylation sites (N-methyl/N-ethyl adjacent to an activating group) is 3. The van der Waals surface area contributed by atoms with E-state index in [2.05, 4.69) is 110 Å². The van der Waals surface area contributed by atoms with Gasteiger partial charge in [-0.15, -0.1) is 24.8 Å². The van der Waals surface area contributed by atoms with Gasteiger partial charge in [0.05, 0.1) is 124 Å². The molecule has 0 unspecified atom stereocenters. The fourth-order valence-electron chi connectivity index (χ4n) is 16.1. The number of fused-ring (bicyclic) bond motifs is 3. The predicted octanol–water partition coefficient (Wildman–Crippen LogP) is 17.9. The fraction of sp³-hybridized carbons (Fsp3) is 0.452. The van der Waals surface area contributed by atoms with Gasteiger partial charge in [-0.3, -0.25) is 29.3 Å². The van der Waals surface area contributed by atoms with E-state index in [0.29, 0.717) is 208 Å². The van der Waals surface area contributed by atoms with E-state index in [1.807, 2.05) is 42.7 Å². The minimum Gasteiger partial charge on any atom is -0.506 e. The second-order valence-electron chi connectivity index (χ2n) is 39.4. The molecule has 772 valence electrons. The van der Waals surface area contributed by atoms with Crippen molar-refractivity contribution in [1.29, 1.82) is 15.8 Å². The molecule has 146 heavy (non-hydrogen) atoms. The molecule has 6 fully saturated rings. The third-order valence-corrected chi connectivity index (χ3v) is 36.6. The van der Waals surface area contributed by atoms with Gasteiger partial charge >= 0.3 is 7.12 Å². The normalized spacial score (nSPS) is 15.0. The molecule has 15 heterocycles. The second-order valence-corrected chi connectivity index (χ2v) is 49.4. The van der Waals surface area contributed by atoms with E-state index in [1.54, 1.807) is 80.8 Å². The molecule has 35 nitrogen and oxygen atoms in total. The van der Waals surface area contributed by atoms with Crippen LogP contribution in [0.1, 0.15) is 201 Å². The molecule has 42 heteroatoms. The number of carbonyl (C=O) groups is 3. The fourth-order valence-corrected chi connectivity index (χ4v) is 18.5. The molecule has 18 rings (SSSR count). The molecule has 0 aromatic carbocycles. The smallest absolute Gasteiger partial charge is 0.506 e. The van der Waals surface area contributed by atoms with E-state index < -0.39 is 23.8 Å². The average molecular weight is 2170 g/mol. The number of aliphatic hydroxyl groups is 1. The molecule has 6 aliphatic rings. The van der Waals surface area contributed by atoms with Gasteiger partial charge in [-0.1, -0.05) is 53.1 Å². The number of nitrogens with zero attached hydrogens (tertiary/aromatic N) is 15. The predicted molar refractivity (Wildman–Crippen MR) is 554 cm³/mol. The number of methoxy groups -OCH3 is 2. The van der Waals surface area contributed by atoms with Crippen LogP contribution in [0.15, 0.2) is 123 Å². The Kier molecular flexibility index (Phi) is 38.3. The van der Waals surface area contributed by atoms with Crippen molar-refractivity contribution in [2.45, 2.75) is 191 Å². The Bertz CT molecular complexity index is 6780. The number of furan rings is 3. The van der Waals surface area contributed by atoms with Gasteiger partial charge in [0.2, 0.25) is 0 Å². The largest absolute Gasteiger partial charge is 0.508 e. The van der Waals surface area contributed by atoms with Gasteiger partial charge in [0.25, 0.3) is 17.7 Å². The number of hydrogen-bond donors (Lipinski definition) is 4. The molecule has 4 N–H and O–H groups in total. The van der Waals surface area contributed by atoms with Gasteiger partial charge < -0.3 is 95.0 Å². The minimum atomic E-state index is -1.92. The average Bonchev–Trinajstić information content (AvgIpc) is 1.59. The Labute approximate surface area is 882 Å². The van der Waals surface area contributed by atoms with Crippen LogP contribution < -0.4 is 29.3 Å². The molecule has 0 atom stereocenters. The van der Waals surface area contributed by atoms with Crippen LogP contribution in [0, 0.1) is 34.0 Å². The molecule has 3 saturated carbocycles.